The van der Waals surface area contributed by atoms with E-state index in [1.165, 1.54) is 36.8 Å². The van der Waals surface area contributed by atoms with Crippen LogP contribution in [0.3, 0.4) is 0 Å². The van der Waals surface area contributed by atoms with Crippen LogP contribution in [0.4, 0.5) is 18.9 Å². The summed E-state index contributed by atoms with van der Waals surface area (Å²) in [6, 6.07) is 6.23. The summed E-state index contributed by atoms with van der Waals surface area (Å²) in [5, 5.41) is 21.6. The van der Waals surface area contributed by atoms with Gasteiger partial charge < -0.3 is 25.9 Å². The van der Waals surface area contributed by atoms with Crippen molar-refractivity contribution in [1.29, 1.82) is 5.41 Å². The number of allylic oxidation sites excluding steroid dienone is 1. The zero-order valence-electron chi connectivity index (χ0n) is 14.5. The molecule has 2 aromatic rings. The molecule has 0 saturated heterocycles. The molecule has 0 radical (unpaired) electrons. The summed E-state index contributed by atoms with van der Waals surface area (Å²) in [5.74, 6) is -0.920. The summed E-state index contributed by atoms with van der Waals surface area (Å²) in [7, 11) is 0. The maximum atomic E-state index is 12.4. The van der Waals surface area contributed by atoms with E-state index in [4.69, 9.17) is 10.5 Å². The fraction of sp³-hybridized carbons (Fsp3) is 0.167. The van der Waals surface area contributed by atoms with Crippen molar-refractivity contribution in [3.05, 3.63) is 60.1 Å². The standard InChI is InChI=1S/C18H17F3N4O3/c19-18(20,21)28-16-3-1-15(2-4-16)25-17(27)13-7-12(9-24-10-13)14(8-22)11-23-5-6-26/h1-4,7-11,22-23,26H,5-6H2,(H,25,27)/b14-11+,22-8?. The number of amides is 1. The Balaban J connectivity index is 2.10. The average molecular weight is 394 g/mol. The number of aliphatic hydroxyl groups excluding tert-OH is 1. The van der Waals surface area contributed by atoms with Gasteiger partial charge in [0.05, 0.1) is 12.2 Å². The summed E-state index contributed by atoms with van der Waals surface area (Å²) < 4.78 is 40.3. The van der Waals surface area contributed by atoms with Gasteiger partial charge >= 0.3 is 6.36 Å². The van der Waals surface area contributed by atoms with E-state index in [1.54, 1.807) is 0 Å². The number of rotatable bonds is 8. The molecule has 2 rings (SSSR count). The van der Waals surface area contributed by atoms with E-state index in [0.717, 1.165) is 18.3 Å². The van der Waals surface area contributed by atoms with Gasteiger partial charge in [0, 0.05) is 48.2 Å². The quantitative estimate of drug-likeness (QED) is 0.407. The van der Waals surface area contributed by atoms with Gasteiger partial charge in [-0.1, -0.05) is 0 Å². The zero-order chi connectivity index (χ0) is 20.6. The highest BCUT2D eigenvalue weighted by atomic mass is 19.4. The third kappa shape index (κ3) is 6.40. The number of benzene rings is 1. The SMILES string of the molecule is N=C/C(=C\NCCO)c1cncc(C(=O)Nc2ccc(OC(F)(F)F)cc2)c1. The number of nitrogens with one attached hydrogen (secondary N) is 3. The Bertz CT molecular complexity index is 852. The molecule has 0 aliphatic carbocycles. The van der Waals surface area contributed by atoms with E-state index < -0.39 is 18.0 Å². The number of aliphatic hydroxyl groups is 1. The Morgan fingerprint density at radius 1 is 1.21 bits per heavy atom. The van der Waals surface area contributed by atoms with Crippen molar-refractivity contribution in [1.82, 2.24) is 10.3 Å². The number of hydrogen-bond donors (Lipinski definition) is 4. The Labute approximate surface area is 158 Å². The second-order valence-corrected chi connectivity index (χ2v) is 5.41. The predicted molar refractivity (Wildman–Crippen MR) is 97.2 cm³/mol. The van der Waals surface area contributed by atoms with Gasteiger partial charge in [-0.25, -0.2) is 0 Å². The molecule has 7 nitrogen and oxygen atoms in total. The van der Waals surface area contributed by atoms with Crippen LogP contribution in [0.15, 0.2) is 48.9 Å². The van der Waals surface area contributed by atoms with Gasteiger partial charge in [0.25, 0.3) is 5.91 Å². The second-order valence-electron chi connectivity index (χ2n) is 5.41. The van der Waals surface area contributed by atoms with Crippen molar-refractivity contribution >= 4 is 23.4 Å². The van der Waals surface area contributed by atoms with Crippen LogP contribution in [0.5, 0.6) is 5.75 Å². The maximum Gasteiger partial charge on any atom is 0.573 e. The van der Waals surface area contributed by atoms with E-state index in [2.05, 4.69) is 20.4 Å². The molecule has 10 heteroatoms. The first-order valence-electron chi connectivity index (χ1n) is 8.00. The summed E-state index contributed by atoms with van der Waals surface area (Å²) in [4.78, 5) is 16.3. The minimum absolute atomic E-state index is 0.0741. The van der Waals surface area contributed by atoms with E-state index in [-0.39, 0.29) is 17.9 Å². The van der Waals surface area contributed by atoms with Gasteiger partial charge in [0.15, 0.2) is 0 Å². The molecule has 1 amide bonds. The number of hydrogen-bond acceptors (Lipinski definition) is 6. The fourth-order valence-corrected chi connectivity index (χ4v) is 2.12. The van der Waals surface area contributed by atoms with Crippen molar-refractivity contribution in [2.75, 3.05) is 18.5 Å². The summed E-state index contributed by atoms with van der Waals surface area (Å²) >= 11 is 0. The first-order chi connectivity index (χ1) is 13.3. The minimum Gasteiger partial charge on any atom is -0.406 e. The largest absolute Gasteiger partial charge is 0.573 e. The number of carbonyl (C=O) groups excluding carboxylic acids is 1. The summed E-state index contributed by atoms with van der Waals surface area (Å²) in [6.07, 6.45) is 0.590. The first kappa shape index (κ1) is 20.9. The van der Waals surface area contributed by atoms with Crippen LogP contribution in [-0.2, 0) is 0 Å². The van der Waals surface area contributed by atoms with Crippen molar-refractivity contribution in [2.45, 2.75) is 6.36 Å². The van der Waals surface area contributed by atoms with E-state index in [9.17, 15) is 18.0 Å². The molecule has 0 aliphatic rings. The molecule has 0 spiro atoms. The molecule has 0 atom stereocenters. The van der Waals surface area contributed by atoms with Gasteiger partial charge in [-0.15, -0.1) is 13.2 Å². The van der Waals surface area contributed by atoms with Crippen LogP contribution in [0.2, 0.25) is 0 Å². The van der Waals surface area contributed by atoms with Crippen molar-refractivity contribution in [3.8, 4) is 5.75 Å². The first-order valence-corrected chi connectivity index (χ1v) is 8.00. The number of halogens is 3. The van der Waals surface area contributed by atoms with E-state index in [0.29, 0.717) is 17.7 Å². The lowest BCUT2D eigenvalue weighted by Gasteiger charge is -2.10. The highest BCUT2D eigenvalue weighted by Gasteiger charge is 2.30. The van der Waals surface area contributed by atoms with Crippen molar-refractivity contribution in [2.24, 2.45) is 0 Å². The van der Waals surface area contributed by atoms with Crippen LogP contribution in [0.1, 0.15) is 15.9 Å². The Morgan fingerprint density at radius 3 is 2.50 bits per heavy atom. The minimum atomic E-state index is -4.79. The third-order valence-corrected chi connectivity index (χ3v) is 3.35. The zero-order valence-corrected chi connectivity index (χ0v) is 14.5. The molecular weight excluding hydrogens is 377 g/mol. The van der Waals surface area contributed by atoms with Crippen molar-refractivity contribution < 1.29 is 27.8 Å². The van der Waals surface area contributed by atoms with Gasteiger partial charge in [-0.05, 0) is 30.3 Å². The Kier molecular flexibility index (Phi) is 7.10. The molecular formula is C18H17F3N4O3. The predicted octanol–water partition coefficient (Wildman–Crippen LogP) is 2.80. The van der Waals surface area contributed by atoms with Crippen LogP contribution in [0, 0.1) is 5.41 Å². The molecule has 28 heavy (non-hydrogen) atoms. The number of nitrogens with zero attached hydrogens (tertiary/aromatic N) is 1. The smallest absolute Gasteiger partial charge is 0.406 e. The normalized spacial score (nSPS) is 11.6. The van der Waals surface area contributed by atoms with Crippen LogP contribution < -0.4 is 15.4 Å². The van der Waals surface area contributed by atoms with Crippen molar-refractivity contribution in [3.63, 3.8) is 0 Å². The molecule has 0 fully saturated rings. The number of aromatic nitrogens is 1. The number of ether oxygens (including phenoxy) is 1. The highest BCUT2D eigenvalue weighted by molar-refractivity contribution is 6.10. The average Bonchev–Trinajstić information content (AvgIpc) is 2.66. The topological polar surface area (TPSA) is 107 Å². The molecule has 148 valence electrons. The highest BCUT2D eigenvalue weighted by Crippen LogP contribution is 2.24. The number of anilines is 1. The Hall–Kier alpha value is -3.40. The lowest BCUT2D eigenvalue weighted by Crippen LogP contribution is -2.17. The van der Waals surface area contributed by atoms with Gasteiger partial charge in [-0.3, -0.25) is 9.78 Å². The second kappa shape index (κ2) is 9.51. The lowest BCUT2D eigenvalue weighted by molar-refractivity contribution is -0.274. The molecule has 1 aromatic carbocycles. The molecule has 1 heterocycles. The molecule has 0 aliphatic heterocycles. The molecule has 1 aromatic heterocycles. The van der Waals surface area contributed by atoms with Crippen LogP contribution >= 0.6 is 0 Å². The van der Waals surface area contributed by atoms with Gasteiger partial charge in [0.2, 0.25) is 0 Å². The van der Waals surface area contributed by atoms with Crippen LogP contribution in [0.25, 0.3) is 5.57 Å². The number of pyridine rings is 1. The summed E-state index contributed by atoms with van der Waals surface area (Å²) in [5.41, 5.74) is 1.42. The van der Waals surface area contributed by atoms with Gasteiger partial charge in [0.1, 0.15) is 5.75 Å². The maximum absolute atomic E-state index is 12.4. The number of alkyl halides is 3. The molecule has 0 saturated carbocycles. The summed E-state index contributed by atoms with van der Waals surface area (Å²) in [6.45, 7) is 0.230. The number of carbonyl (C=O) groups is 1. The van der Waals surface area contributed by atoms with Gasteiger partial charge in [-0.2, -0.15) is 0 Å². The monoisotopic (exact) mass is 394 g/mol. The van der Waals surface area contributed by atoms with E-state index in [1.807, 2.05) is 0 Å². The van der Waals surface area contributed by atoms with E-state index >= 15 is 0 Å². The Morgan fingerprint density at radius 2 is 1.89 bits per heavy atom. The molecule has 4 N–H and O–H groups in total. The fourth-order valence-electron chi connectivity index (χ4n) is 2.12. The van der Waals surface area contributed by atoms with Crippen LogP contribution in [-0.4, -0.2) is 41.7 Å². The molecule has 0 bridgehead atoms. The lowest BCUT2D eigenvalue weighted by atomic mass is 10.1. The third-order valence-electron chi connectivity index (χ3n) is 3.35. The molecule has 0 unspecified atom stereocenters.